The van der Waals surface area contributed by atoms with E-state index in [1.54, 1.807) is 19.1 Å². The van der Waals surface area contributed by atoms with E-state index in [1.807, 2.05) is 63.2 Å². The van der Waals surface area contributed by atoms with Crippen LogP contribution in [0.3, 0.4) is 0 Å². The molecule has 1 aliphatic carbocycles. The number of Topliss-reactive ketones (excluding diaryl/α,β-unsaturated/α-hetero) is 1. The van der Waals surface area contributed by atoms with Crippen LogP contribution in [-0.2, 0) is 16.7 Å². The third kappa shape index (κ3) is 5.24. The highest BCUT2D eigenvalue weighted by atomic mass is 16.6. The van der Waals surface area contributed by atoms with Crippen LogP contribution >= 0.6 is 0 Å². The molecular weight excluding hydrogens is 366 g/mol. The van der Waals surface area contributed by atoms with Gasteiger partial charge in [0.2, 0.25) is 0 Å². The molecule has 0 heterocycles. The van der Waals surface area contributed by atoms with Crippen molar-refractivity contribution in [3.8, 4) is 0 Å². The highest BCUT2D eigenvalue weighted by molar-refractivity contribution is 5.97. The quantitative estimate of drug-likeness (QED) is 0.737. The zero-order valence-corrected chi connectivity index (χ0v) is 17.5. The largest absolute Gasteiger partial charge is 0.444 e. The number of carbonyl (C=O) groups is 2. The number of ketones is 1. The first-order valence-electron chi connectivity index (χ1n) is 9.89. The summed E-state index contributed by atoms with van der Waals surface area (Å²) in [7, 11) is 0. The first-order valence-corrected chi connectivity index (χ1v) is 9.89. The molecule has 0 spiro atoms. The summed E-state index contributed by atoms with van der Waals surface area (Å²) in [6, 6.07) is 16.9. The van der Waals surface area contributed by atoms with Gasteiger partial charge in [-0.05, 0) is 38.8 Å². The highest BCUT2D eigenvalue weighted by Gasteiger charge is 2.53. The molecule has 1 amide bonds. The number of hydrogen-bond donors (Lipinski definition) is 2. The Morgan fingerprint density at radius 1 is 1.03 bits per heavy atom. The highest BCUT2D eigenvalue weighted by Crippen LogP contribution is 2.48. The van der Waals surface area contributed by atoms with Crippen molar-refractivity contribution in [2.24, 2.45) is 0 Å². The molecule has 5 heteroatoms. The average molecular weight is 395 g/mol. The van der Waals surface area contributed by atoms with Gasteiger partial charge in [-0.25, -0.2) is 4.79 Å². The Morgan fingerprint density at radius 3 is 2.14 bits per heavy atom. The molecule has 3 rings (SSSR count). The number of alkyl carbamates (subject to hydrolysis) is 1. The van der Waals surface area contributed by atoms with Gasteiger partial charge in [0.1, 0.15) is 5.60 Å². The van der Waals surface area contributed by atoms with Crippen molar-refractivity contribution in [3.05, 3.63) is 71.3 Å². The minimum Gasteiger partial charge on any atom is -0.444 e. The fourth-order valence-corrected chi connectivity index (χ4v) is 3.97. The Hall–Kier alpha value is -2.66. The SMILES string of the molecule is CC(C)(C)OC(=O)N[C@]1(c2ccc(C(=O)Cc3ccccc3)cc2)C[C@](C)(O)C1. The minimum atomic E-state index is -0.850. The van der Waals surface area contributed by atoms with Crippen LogP contribution in [0.2, 0.25) is 0 Å². The Morgan fingerprint density at radius 2 is 1.62 bits per heavy atom. The van der Waals surface area contributed by atoms with Crippen LogP contribution in [0.4, 0.5) is 4.79 Å². The predicted octanol–water partition coefficient (Wildman–Crippen LogP) is 4.38. The maximum atomic E-state index is 12.6. The topological polar surface area (TPSA) is 75.6 Å². The molecule has 2 aromatic carbocycles. The molecule has 1 aliphatic rings. The summed E-state index contributed by atoms with van der Waals surface area (Å²) in [5.74, 6) is 0.0394. The van der Waals surface area contributed by atoms with Crippen LogP contribution in [0.5, 0.6) is 0 Å². The van der Waals surface area contributed by atoms with Gasteiger partial charge in [0.15, 0.2) is 5.78 Å². The van der Waals surface area contributed by atoms with Gasteiger partial charge in [0.25, 0.3) is 0 Å². The lowest BCUT2D eigenvalue weighted by molar-refractivity contribution is -0.0892. The fraction of sp³-hybridized carbons (Fsp3) is 0.417. The Labute approximate surface area is 172 Å². The van der Waals surface area contributed by atoms with E-state index in [0.29, 0.717) is 24.8 Å². The molecule has 29 heavy (non-hydrogen) atoms. The number of rotatable bonds is 5. The third-order valence-electron chi connectivity index (χ3n) is 5.07. The van der Waals surface area contributed by atoms with Gasteiger partial charge in [-0.3, -0.25) is 4.79 Å². The van der Waals surface area contributed by atoms with E-state index in [4.69, 9.17) is 4.74 Å². The van der Waals surface area contributed by atoms with Crippen LogP contribution in [0.1, 0.15) is 62.0 Å². The normalized spacial score (nSPS) is 23.8. The van der Waals surface area contributed by atoms with Gasteiger partial charge in [-0.2, -0.15) is 0 Å². The molecule has 1 saturated carbocycles. The van der Waals surface area contributed by atoms with E-state index in [9.17, 15) is 14.7 Å². The molecular formula is C24H29NO4. The van der Waals surface area contributed by atoms with Crippen molar-refractivity contribution in [1.82, 2.24) is 5.32 Å². The van der Waals surface area contributed by atoms with Crippen LogP contribution in [-0.4, -0.2) is 28.2 Å². The van der Waals surface area contributed by atoms with E-state index >= 15 is 0 Å². The second-order valence-corrected chi connectivity index (χ2v) is 9.22. The summed E-state index contributed by atoms with van der Waals surface area (Å²) in [4.78, 5) is 24.9. The van der Waals surface area contributed by atoms with Crippen molar-refractivity contribution >= 4 is 11.9 Å². The van der Waals surface area contributed by atoms with E-state index in [0.717, 1.165) is 11.1 Å². The monoisotopic (exact) mass is 395 g/mol. The fourth-order valence-electron chi connectivity index (χ4n) is 3.97. The molecule has 0 radical (unpaired) electrons. The van der Waals surface area contributed by atoms with Gasteiger partial charge in [-0.15, -0.1) is 0 Å². The number of ether oxygens (including phenoxy) is 1. The number of aliphatic hydroxyl groups is 1. The maximum Gasteiger partial charge on any atom is 0.408 e. The Balaban J connectivity index is 1.76. The van der Waals surface area contributed by atoms with Gasteiger partial charge in [-0.1, -0.05) is 54.6 Å². The molecule has 2 N–H and O–H groups in total. The summed E-state index contributed by atoms with van der Waals surface area (Å²) in [6.45, 7) is 7.18. The summed E-state index contributed by atoms with van der Waals surface area (Å²) in [5, 5.41) is 13.3. The Bertz CT molecular complexity index is 871. The number of hydrogen-bond acceptors (Lipinski definition) is 4. The van der Waals surface area contributed by atoms with Gasteiger partial charge < -0.3 is 15.2 Å². The molecule has 0 aromatic heterocycles. The maximum absolute atomic E-state index is 12.6. The van der Waals surface area contributed by atoms with E-state index < -0.39 is 22.8 Å². The van der Waals surface area contributed by atoms with E-state index in [1.165, 1.54) is 0 Å². The molecule has 0 atom stereocenters. The average Bonchev–Trinajstić information content (AvgIpc) is 2.59. The van der Waals surface area contributed by atoms with Crippen LogP contribution in [0, 0.1) is 0 Å². The summed E-state index contributed by atoms with van der Waals surface area (Å²) >= 11 is 0. The van der Waals surface area contributed by atoms with E-state index in [2.05, 4.69) is 5.32 Å². The second-order valence-electron chi connectivity index (χ2n) is 9.22. The lowest BCUT2D eigenvalue weighted by atomic mass is 9.62. The lowest BCUT2D eigenvalue weighted by Gasteiger charge is -2.52. The molecule has 0 saturated heterocycles. The molecule has 0 bridgehead atoms. The zero-order valence-electron chi connectivity index (χ0n) is 17.5. The summed E-state index contributed by atoms with van der Waals surface area (Å²) < 4.78 is 5.40. The molecule has 1 fully saturated rings. The van der Waals surface area contributed by atoms with Crippen molar-refractivity contribution in [3.63, 3.8) is 0 Å². The summed E-state index contributed by atoms with van der Waals surface area (Å²) in [6.07, 6.45) is 0.598. The minimum absolute atomic E-state index is 0.0394. The molecule has 0 aliphatic heterocycles. The zero-order chi connectivity index (χ0) is 21.3. The smallest absolute Gasteiger partial charge is 0.408 e. The lowest BCUT2D eigenvalue weighted by Crippen LogP contribution is -2.62. The van der Waals surface area contributed by atoms with E-state index in [-0.39, 0.29) is 5.78 Å². The first-order chi connectivity index (χ1) is 13.5. The second kappa shape index (κ2) is 7.64. The molecule has 2 aromatic rings. The van der Waals surface area contributed by atoms with Crippen LogP contribution < -0.4 is 5.32 Å². The predicted molar refractivity (Wildman–Crippen MR) is 112 cm³/mol. The van der Waals surface area contributed by atoms with Crippen LogP contribution in [0.15, 0.2) is 54.6 Å². The van der Waals surface area contributed by atoms with Crippen LogP contribution in [0.25, 0.3) is 0 Å². The number of amides is 1. The van der Waals surface area contributed by atoms with Gasteiger partial charge >= 0.3 is 6.09 Å². The first kappa shape index (κ1) is 21.1. The number of carbonyl (C=O) groups excluding carboxylic acids is 2. The third-order valence-corrected chi connectivity index (χ3v) is 5.07. The number of benzene rings is 2. The molecule has 0 unspecified atom stereocenters. The Kier molecular flexibility index (Phi) is 5.54. The van der Waals surface area contributed by atoms with Gasteiger partial charge in [0.05, 0.1) is 11.1 Å². The van der Waals surface area contributed by atoms with Gasteiger partial charge in [0, 0.05) is 24.8 Å². The number of nitrogens with one attached hydrogen (secondary N) is 1. The van der Waals surface area contributed by atoms with Crippen molar-refractivity contribution in [2.75, 3.05) is 0 Å². The molecule has 5 nitrogen and oxygen atoms in total. The van der Waals surface area contributed by atoms with Crippen molar-refractivity contribution < 1.29 is 19.4 Å². The standard InChI is InChI=1S/C24H29NO4/c1-22(2,3)29-21(27)25-24(15-23(4,28)16-24)19-12-10-18(11-13-19)20(26)14-17-8-6-5-7-9-17/h5-13,28H,14-16H2,1-4H3,(H,25,27)/t23-,24+. The summed E-state index contributed by atoms with van der Waals surface area (Å²) in [5.41, 5.74) is 0.288. The van der Waals surface area contributed by atoms with Crippen molar-refractivity contribution in [1.29, 1.82) is 0 Å². The molecule has 154 valence electrons. The van der Waals surface area contributed by atoms with Crippen molar-refractivity contribution in [2.45, 2.75) is 63.7 Å².